The zero-order valence-corrected chi connectivity index (χ0v) is 9.49. The van der Waals surface area contributed by atoms with Gasteiger partial charge in [0.1, 0.15) is 5.54 Å². The SMILES string of the molecule is CC(C)C(=O)N1C[C@@H](C#N)CC12CNC2=O. The summed E-state index contributed by atoms with van der Waals surface area (Å²) in [5.41, 5.74) is -0.720. The predicted octanol–water partition coefficient (Wildman–Crippen LogP) is -0.117. The zero-order chi connectivity index (χ0) is 11.9. The van der Waals surface area contributed by atoms with Gasteiger partial charge in [0.05, 0.1) is 18.5 Å². The summed E-state index contributed by atoms with van der Waals surface area (Å²) in [4.78, 5) is 25.2. The smallest absolute Gasteiger partial charge is 0.247 e. The molecule has 0 aromatic carbocycles. The van der Waals surface area contributed by atoms with Crippen LogP contribution in [0.5, 0.6) is 0 Å². The van der Waals surface area contributed by atoms with E-state index in [-0.39, 0.29) is 23.7 Å². The van der Waals surface area contributed by atoms with E-state index in [2.05, 4.69) is 11.4 Å². The molecule has 5 nitrogen and oxygen atoms in total. The number of nitriles is 1. The summed E-state index contributed by atoms with van der Waals surface area (Å²) in [6, 6.07) is 2.16. The fraction of sp³-hybridized carbons (Fsp3) is 0.727. The molecule has 1 spiro atoms. The Labute approximate surface area is 94.4 Å². The van der Waals surface area contributed by atoms with Crippen molar-refractivity contribution in [2.24, 2.45) is 11.8 Å². The number of carbonyl (C=O) groups is 2. The van der Waals surface area contributed by atoms with Crippen LogP contribution < -0.4 is 5.32 Å². The lowest BCUT2D eigenvalue weighted by Gasteiger charge is -2.44. The van der Waals surface area contributed by atoms with Gasteiger partial charge in [-0.05, 0) is 6.42 Å². The van der Waals surface area contributed by atoms with Crippen LogP contribution in [-0.2, 0) is 9.59 Å². The molecule has 0 bridgehead atoms. The molecular formula is C11H15N3O2. The van der Waals surface area contributed by atoms with Gasteiger partial charge in [0, 0.05) is 12.5 Å². The molecule has 0 aliphatic carbocycles. The number of carbonyl (C=O) groups excluding carboxylic acids is 2. The van der Waals surface area contributed by atoms with E-state index >= 15 is 0 Å². The van der Waals surface area contributed by atoms with Crippen molar-refractivity contribution in [3.63, 3.8) is 0 Å². The lowest BCUT2D eigenvalue weighted by Crippen LogP contribution is -2.71. The first kappa shape index (κ1) is 10.9. The highest BCUT2D eigenvalue weighted by atomic mass is 16.2. The summed E-state index contributed by atoms with van der Waals surface area (Å²) in [7, 11) is 0. The van der Waals surface area contributed by atoms with Crippen LogP contribution >= 0.6 is 0 Å². The number of nitrogens with one attached hydrogen (secondary N) is 1. The number of likely N-dealkylation sites (tertiary alicyclic amines) is 1. The number of hydrogen-bond acceptors (Lipinski definition) is 3. The standard InChI is InChI=1S/C11H15N3O2/c1-7(2)9(15)14-5-8(4-12)3-11(14)6-13-10(11)16/h7-8H,3,5-6H2,1-2H3,(H,13,16)/t8-,11?/m1/s1. The van der Waals surface area contributed by atoms with Crippen molar-refractivity contribution in [3.8, 4) is 6.07 Å². The maximum atomic E-state index is 12.0. The Bertz CT molecular complexity index is 385. The van der Waals surface area contributed by atoms with Crippen LogP contribution in [0.1, 0.15) is 20.3 Å². The van der Waals surface area contributed by atoms with Gasteiger partial charge in [-0.25, -0.2) is 0 Å². The summed E-state index contributed by atoms with van der Waals surface area (Å²) in [5.74, 6) is -0.497. The van der Waals surface area contributed by atoms with E-state index in [9.17, 15) is 9.59 Å². The summed E-state index contributed by atoms with van der Waals surface area (Å²) < 4.78 is 0. The number of hydrogen-bond donors (Lipinski definition) is 1. The maximum absolute atomic E-state index is 12.0. The Kier molecular flexibility index (Phi) is 2.38. The number of amides is 2. The average Bonchev–Trinajstić information content (AvgIpc) is 2.67. The van der Waals surface area contributed by atoms with Crippen molar-refractivity contribution >= 4 is 11.8 Å². The molecule has 0 radical (unpaired) electrons. The van der Waals surface area contributed by atoms with Crippen LogP contribution in [-0.4, -0.2) is 35.3 Å². The molecule has 2 heterocycles. The molecule has 2 aliphatic heterocycles. The second-order valence-corrected chi connectivity index (χ2v) is 4.85. The van der Waals surface area contributed by atoms with Crippen molar-refractivity contribution in [1.29, 1.82) is 5.26 Å². The summed E-state index contributed by atoms with van der Waals surface area (Å²) in [5, 5.41) is 11.6. The van der Waals surface area contributed by atoms with Gasteiger partial charge in [-0.2, -0.15) is 5.26 Å². The molecule has 86 valence electrons. The van der Waals surface area contributed by atoms with Crippen LogP contribution in [0.4, 0.5) is 0 Å². The molecule has 1 N–H and O–H groups in total. The number of rotatable bonds is 1. The molecule has 0 saturated carbocycles. The van der Waals surface area contributed by atoms with E-state index in [0.717, 1.165) is 0 Å². The van der Waals surface area contributed by atoms with E-state index in [1.807, 2.05) is 13.8 Å². The highest BCUT2D eigenvalue weighted by Crippen LogP contribution is 2.37. The van der Waals surface area contributed by atoms with Crippen LogP contribution in [0.3, 0.4) is 0 Å². The Morgan fingerprint density at radius 1 is 1.69 bits per heavy atom. The van der Waals surface area contributed by atoms with Gasteiger partial charge in [0.15, 0.2) is 0 Å². The van der Waals surface area contributed by atoms with E-state index in [4.69, 9.17) is 5.26 Å². The minimum Gasteiger partial charge on any atom is -0.351 e. The van der Waals surface area contributed by atoms with Crippen LogP contribution in [0.15, 0.2) is 0 Å². The largest absolute Gasteiger partial charge is 0.351 e. The van der Waals surface area contributed by atoms with Crippen LogP contribution in [0.2, 0.25) is 0 Å². The van der Waals surface area contributed by atoms with Gasteiger partial charge in [-0.15, -0.1) is 0 Å². The van der Waals surface area contributed by atoms with Crippen molar-refractivity contribution in [1.82, 2.24) is 10.2 Å². The summed E-state index contributed by atoms with van der Waals surface area (Å²) in [6.07, 6.45) is 0.480. The Morgan fingerprint density at radius 3 is 2.75 bits per heavy atom. The third kappa shape index (κ3) is 1.29. The van der Waals surface area contributed by atoms with Crippen molar-refractivity contribution < 1.29 is 9.59 Å². The molecule has 0 aromatic rings. The van der Waals surface area contributed by atoms with Gasteiger partial charge in [0.25, 0.3) is 0 Å². The van der Waals surface area contributed by atoms with Gasteiger partial charge >= 0.3 is 0 Å². The van der Waals surface area contributed by atoms with Gasteiger partial charge in [-0.1, -0.05) is 13.8 Å². The molecule has 16 heavy (non-hydrogen) atoms. The topological polar surface area (TPSA) is 73.2 Å². The lowest BCUT2D eigenvalue weighted by molar-refractivity contribution is -0.153. The third-order valence-corrected chi connectivity index (χ3v) is 3.41. The third-order valence-electron chi connectivity index (χ3n) is 3.41. The monoisotopic (exact) mass is 221 g/mol. The van der Waals surface area contributed by atoms with Crippen LogP contribution in [0, 0.1) is 23.2 Å². The molecule has 1 unspecified atom stereocenters. The van der Waals surface area contributed by atoms with Crippen LogP contribution in [0.25, 0.3) is 0 Å². The summed E-state index contributed by atoms with van der Waals surface area (Å²) in [6.45, 7) is 4.50. The highest BCUT2D eigenvalue weighted by molar-refractivity contribution is 5.97. The molecule has 2 rings (SSSR count). The normalized spacial score (nSPS) is 32.5. The average molecular weight is 221 g/mol. The number of nitrogens with zero attached hydrogens (tertiary/aromatic N) is 2. The molecule has 2 atom stereocenters. The fourth-order valence-electron chi connectivity index (χ4n) is 2.42. The minimum atomic E-state index is -0.720. The Hall–Kier alpha value is -1.57. The van der Waals surface area contributed by atoms with Gasteiger partial charge in [-0.3, -0.25) is 9.59 Å². The Balaban J connectivity index is 2.26. The summed E-state index contributed by atoms with van der Waals surface area (Å²) >= 11 is 0. The first-order valence-electron chi connectivity index (χ1n) is 5.50. The zero-order valence-electron chi connectivity index (χ0n) is 9.49. The molecule has 0 aromatic heterocycles. The number of β-lactam (4-membered cyclic amide) rings is 1. The quantitative estimate of drug-likeness (QED) is 0.627. The van der Waals surface area contributed by atoms with Crippen molar-refractivity contribution in [2.75, 3.05) is 13.1 Å². The van der Waals surface area contributed by atoms with E-state index in [1.54, 1.807) is 4.90 Å². The predicted molar refractivity (Wildman–Crippen MR) is 56.0 cm³/mol. The second kappa shape index (κ2) is 3.48. The molecule has 2 aliphatic rings. The lowest BCUT2D eigenvalue weighted by atomic mass is 9.85. The van der Waals surface area contributed by atoms with E-state index in [0.29, 0.717) is 19.5 Å². The molecule has 2 fully saturated rings. The fourth-order valence-corrected chi connectivity index (χ4v) is 2.42. The first-order valence-corrected chi connectivity index (χ1v) is 5.50. The first-order chi connectivity index (χ1) is 7.51. The minimum absolute atomic E-state index is 0.0346. The molecule has 2 amide bonds. The molecule has 5 heteroatoms. The van der Waals surface area contributed by atoms with Crippen molar-refractivity contribution in [2.45, 2.75) is 25.8 Å². The maximum Gasteiger partial charge on any atom is 0.247 e. The molecule has 2 saturated heterocycles. The van der Waals surface area contributed by atoms with E-state index < -0.39 is 5.54 Å². The second-order valence-electron chi connectivity index (χ2n) is 4.85. The van der Waals surface area contributed by atoms with E-state index in [1.165, 1.54) is 0 Å². The van der Waals surface area contributed by atoms with Crippen molar-refractivity contribution in [3.05, 3.63) is 0 Å². The highest BCUT2D eigenvalue weighted by Gasteiger charge is 2.58. The Morgan fingerprint density at radius 2 is 2.38 bits per heavy atom. The van der Waals surface area contributed by atoms with Gasteiger partial charge < -0.3 is 10.2 Å². The molecular weight excluding hydrogens is 206 g/mol. The van der Waals surface area contributed by atoms with Gasteiger partial charge in [0.2, 0.25) is 11.8 Å².